The largest absolute Gasteiger partial charge is 0.388 e. The number of nitrogens with zero attached hydrogens (tertiary/aromatic N) is 2. The van der Waals surface area contributed by atoms with Crippen molar-refractivity contribution in [2.75, 3.05) is 0 Å². The highest BCUT2D eigenvalue weighted by molar-refractivity contribution is 5.81. The Morgan fingerprint density at radius 1 is 1.33 bits per heavy atom. The van der Waals surface area contributed by atoms with Gasteiger partial charge in [-0.1, -0.05) is 45.9 Å². The number of allylic oxidation sites excluding steroid dienone is 2. The molecule has 0 amide bonds. The Balaban J connectivity index is 2.17. The van der Waals surface area contributed by atoms with E-state index in [0.29, 0.717) is 11.8 Å². The molecule has 3 rings (SSSR count). The van der Waals surface area contributed by atoms with Crippen LogP contribution in [0.15, 0.2) is 30.3 Å². The van der Waals surface area contributed by atoms with Gasteiger partial charge in [-0.15, -0.1) is 0 Å². The maximum absolute atomic E-state index is 9.71. The molecule has 1 N–H and O–H groups in total. The van der Waals surface area contributed by atoms with E-state index in [1.807, 2.05) is 18.2 Å². The lowest BCUT2D eigenvalue weighted by molar-refractivity contribution is 0.233. The number of imidazole rings is 1. The number of aliphatic hydroxyl groups is 1. The van der Waals surface area contributed by atoms with Crippen molar-refractivity contribution in [3.63, 3.8) is 0 Å². The van der Waals surface area contributed by atoms with Gasteiger partial charge in [0.2, 0.25) is 0 Å². The van der Waals surface area contributed by atoms with E-state index in [-0.39, 0.29) is 12.0 Å². The fourth-order valence-electron chi connectivity index (χ4n) is 3.92. The first-order valence-corrected chi connectivity index (χ1v) is 7.75. The van der Waals surface area contributed by atoms with E-state index in [1.165, 1.54) is 5.70 Å². The fourth-order valence-corrected chi connectivity index (χ4v) is 3.92. The molecule has 0 spiro atoms. The van der Waals surface area contributed by atoms with Crippen LogP contribution >= 0.6 is 0 Å². The first-order valence-electron chi connectivity index (χ1n) is 7.75. The Morgan fingerprint density at radius 2 is 2.05 bits per heavy atom. The van der Waals surface area contributed by atoms with Crippen molar-refractivity contribution in [2.24, 2.45) is 17.3 Å². The SMILES string of the molecule is CC(C)C1CC=C(n2c(CO)nc3ccccc32)C1(C)C. The number of benzene rings is 1. The monoisotopic (exact) mass is 284 g/mol. The van der Waals surface area contributed by atoms with Crippen molar-refractivity contribution in [3.05, 3.63) is 36.2 Å². The van der Waals surface area contributed by atoms with Crippen molar-refractivity contribution < 1.29 is 5.11 Å². The van der Waals surface area contributed by atoms with Gasteiger partial charge in [0.1, 0.15) is 12.4 Å². The van der Waals surface area contributed by atoms with Crippen molar-refractivity contribution >= 4 is 16.7 Å². The first-order chi connectivity index (χ1) is 9.96. The van der Waals surface area contributed by atoms with Crippen LogP contribution in [0.4, 0.5) is 0 Å². The molecule has 1 aromatic carbocycles. The zero-order chi connectivity index (χ0) is 15.2. The zero-order valence-electron chi connectivity index (χ0n) is 13.3. The number of rotatable bonds is 3. The van der Waals surface area contributed by atoms with Crippen molar-refractivity contribution in [1.29, 1.82) is 0 Å². The lowest BCUT2D eigenvalue weighted by Crippen LogP contribution is -2.27. The molecule has 1 heterocycles. The normalized spacial score (nSPS) is 21.2. The molecular weight excluding hydrogens is 260 g/mol. The summed E-state index contributed by atoms with van der Waals surface area (Å²) in [5.41, 5.74) is 3.40. The second-order valence-electron chi connectivity index (χ2n) is 6.91. The number of hydrogen-bond acceptors (Lipinski definition) is 2. The predicted octanol–water partition coefficient (Wildman–Crippen LogP) is 4.07. The molecule has 1 aromatic heterocycles. The van der Waals surface area contributed by atoms with E-state index in [2.05, 4.69) is 49.4 Å². The van der Waals surface area contributed by atoms with Gasteiger partial charge in [0.25, 0.3) is 0 Å². The third kappa shape index (κ3) is 2.11. The standard InChI is InChI=1S/C18H24N2O/c1-12(2)13-9-10-16(18(13,3)4)20-15-8-6-5-7-14(15)19-17(20)11-21/h5-8,10,12-13,21H,9,11H2,1-4H3. The minimum Gasteiger partial charge on any atom is -0.388 e. The van der Waals surface area contributed by atoms with Gasteiger partial charge >= 0.3 is 0 Å². The Labute approximate surface area is 126 Å². The van der Waals surface area contributed by atoms with E-state index in [0.717, 1.165) is 23.3 Å². The van der Waals surface area contributed by atoms with Gasteiger partial charge in [-0.3, -0.25) is 4.57 Å². The summed E-state index contributed by atoms with van der Waals surface area (Å²) in [5, 5.41) is 9.71. The van der Waals surface area contributed by atoms with E-state index in [9.17, 15) is 5.11 Å². The summed E-state index contributed by atoms with van der Waals surface area (Å²) in [4.78, 5) is 4.58. The summed E-state index contributed by atoms with van der Waals surface area (Å²) in [6.45, 7) is 9.18. The zero-order valence-corrected chi connectivity index (χ0v) is 13.3. The van der Waals surface area contributed by atoms with E-state index in [4.69, 9.17) is 0 Å². The molecule has 0 saturated heterocycles. The summed E-state index contributed by atoms with van der Waals surface area (Å²) in [5.74, 6) is 2.00. The smallest absolute Gasteiger partial charge is 0.140 e. The molecule has 1 unspecified atom stereocenters. The predicted molar refractivity (Wildman–Crippen MR) is 86.7 cm³/mol. The quantitative estimate of drug-likeness (QED) is 0.922. The van der Waals surface area contributed by atoms with Gasteiger partial charge in [-0.05, 0) is 30.4 Å². The Morgan fingerprint density at radius 3 is 2.67 bits per heavy atom. The average molecular weight is 284 g/mol. The third-order valence-corrected chi connectivity index (χ3v) is 4.97. The molecule has 0 saturated carbocycles. The lowest BCUT2D eigenvalue weighted by Gasteiger charge is -2.34. The molecule has 3 nitrogen and oxygen atoms in total. The van der Waals surface area contributed by atoms with Gasteiger partial charge in [0, 0.05) is 11.1 Å². The number of aromatic nitrogens is 2. The number of para-hydroxylation sites is 2. The van der Waals surface area contributed by atoms with Crippen LogP contribution in [0, 0.1) is 17.3 Å². The van der Waals surface area contributed by atoms with Crippen LogP contribution < -0.4 is 0 Å². The molecule has 112 valence electrons. The van der Waals surface area contributed by atoms with E-state index in [1.54, 1.807) is 0 Å². The lowest BCUT2D eigenvalue weighted by atomic mass is 9.74. The highest BCUT2D eigenvalue weighted by Crippen LogP contribution is 2.50. The molecule has 0 radical (unpaired) electrons. The Bertz CT molecular complexity index is 694. The summed E-state index contributed by atoms with van der Waals surface area (Å²) < 4.78 is 2.16. The summed E-state index contributed by atoms with van der Waals surface area (Å²) in [6.07, 6.45) is 3.43. The highest BCUT2D eigenvalue weighted by Gasteiger charge is 2.40. The Hall–Kier alpha value is -1.61. The Kier molecular flexibility index (Phi) is 3.40. The first kappa shape index (κ1) is 14.3. The van der Waals surface area contributed by atoms with Crippen molar-refractivity contribution in [2.45, 2.75) is 40.7 Å². The fraction of sp³-hybridized carbons (Fsp3) is 0.500. The highest BCUT2D eigenvalue weighted by atomic mass is 16.3. The van der Waals surface area contributed by atoms with E-state index < -0.39 is 0 Å². The number of hydrogen-bond donors (Lipinski definition) is 1. The molecule has 0 fully saturated rings. The second kappa shape index (κ2) is 4.99. The maximum atomic E-state index is 9.71. The number of aliphatic hydroxyl groups excluding tert-OH is 1. The van der Waals surface area contributed by atoms with Crippen LogP contribution in [0.25, 0.3) is 16.7 Å². The molecule has 1 aliphatic carbocycles. The van der Waals surface area contributed by atoms with Crippen molar-refractivity contribution in [1.82, 2.24) is 9.55 Å². The van der Waals surface area contributed by atoms with Crippen molar-refractivity contribution in [3.8, 4) is 0 Å². The number of fused-ring (bicyclic) bond motifs is 1. The van der Waals surface area contributed by atoms with Gasteiger partial charge < -0.3 is 5.11 Å². The van der Waals surface area contributed by atoms with Crippen LogP contribution in [0.1, 0.15) is 39.9 Å². The van der Waals surface area contributed by atoms with E-state index >= 15 is 0 Å². The second-order valence-corrected chi connectivity index (χ2v) is 6.91. The topological polar surface area (TPSA) is 38.0 Å². The molecule has 0 bridgehead atoms. The summed E-state index contributed by atoms with van der Waals surface area (Å²) in [7, 11) is 0. The third-order valence-electron chi connectivity index (χ3n) is 4.97. The van der Waals surface area contributed by atoms with Gasteiger partial charge in [0.05, 0.1) is 11.0 Å². The van der Waals surface area contributed by atoms with Gasteiger partial charge in [-0.25, -0.2) is 4.98 Å². The molecule has 21 heavy (non-hydrogen) atoms. The minimum absolute atomic E-state index is 0.0333. The summed E-state index contributed by atoms with van der Waals surface area (Å²) in [6, 6.07) is 8.12. The van der Waals surface area contributed by atoms with Crippen LogP contribution in [0.5, 0.6) is 0 Å². The molecule has 1 aliphatic rings. The molecule has 2 aromatic rings. The van der Waals surface area contributed by atoms with Crippen LogP contribution in [-0.4, -0.2) is 14.7 Å². The van der Waals surface area contributed by atoms with Gasteiger partial charge in [0.15, 0.2) is 0 Å². The maximum Gasteiger partial charge on any atom is 0.140 e. The van der Waals surface area contributed by atoms with Crippen LogP contribution in [0.2, 0.25) is 0 Å². The van der Waals surface area contributed by atoms with Crippen LogP contribution in [-0.2, 0) is 6.61 Å². The van der Waals surface area contributed by atoms with Crippen LogP contribution in [0.3, 0.4) is 0 Å². The minimum atomic E-state index is -0.0333. The van der Waals surface area contributed by atoms with Gasteiger partial charge in [-0.2, -0.15) is 0 Å². The molecule has 1 atom stereocenters. The molecular formula is C18H24N2O. The molecule has 0 aliphatic heterocycles. The molecule has 3 heteroatoms. The summed E-state index contributed by atoms with van der Waals surface area (Å²) >= 11 is 0. The average Bonchev–Trinajstić information content (AvgIpc) is 2.94.